The van der Waals surface area contributed by atoms with Crippen molar-refractivity contribution in [1.29, 1.82) is 0 Å². The molecule has 5 heteroatoms. The second-order valence-electron chi connectivity index (χ2n) is 6.81. The van der Waals surface area contributed by atoms with Crippen molar-refractivity contribution in [3.8, 4) is 17.2 Å². The van der Waals surface area contributed by atoms with E-state index in [2.05, 4.69) is 22.8 Å². The maximum atomic E-state index is 11.6. The van der Waals surface area contributed by atoms with Crippen molar-refractivity contribution in [1.82, 2.24) is 10.6 Å². The van der Waals surface area contributed by atoms with Gasteiger partial charge < -0.3 is 20.5 Å². The molecule has 3 N–H and O–H groups in total. The summed E-state index contributed by atoms with van der Waals surface area (Å²) in [6, 6.07) is 11.0. The topological polar surface area (TPSA) is 70.6 Å². The molecule has 0 saturated carbocycles. The zero-order valence-electron chi connectivity index (χ0n) is 19.9. The summed E-state index contributed by atoms with van der Waals surface area (Å²) in [6.45, 7) is 16.6. The molecule has 2 rings (SSSR count). The summed E-state index contributed by atoms with van der Waals surface area (Å²) in [6.07, 6.45) is 1.77. The Kier molecular flexibility index (Phi) is 13.8. The van der Waals surface area contributed by atoms with Gasteiger partial charge in [0.15, 0.2) is 0 Å². The van der Waals surface area contributed by atoms with Crippen LogP contribution in [-0.4, -0.2) is 23.7 Å². The smallest absolute Gasteiger partial charge is 0.314 e. The number of phenols is 1. The van der Waals surface area contributed by atoms with Gasteiger partial charge in [0, 0.05) is 12.6 Å². The summed E-state index contributed by atoms with van der Waals surface area (Å²) in [5, 5.41) is 15.0. The van der Waals surface area contributed by atoms with E-state index < -0.39 is 0 Å². The fourth-order valence-electron chi connectivity index (χ4n) is 2.78. The van der Waals surface area contributed by atoms with E-state index in [-0.39, 0.29) is 17.8 Å². The number of hydrogen-bond donors (Lipinski definition) is 3. The van der Waals surface area contributed by atoms with Crippen LogP contribution in [0.3, 0.4) is 0 Å². The quantitative estimate of drug-likeness (QED) is 0.452. The van der Waals surface area contributed by atoms with E-state index in [4.69, 9.17) is 4.74 Å². The first kappa shape index (κ1) is 27.3. The van der Waals surface area contributed by atoms with Crippen molar-refractivity contribution in [3.05, 3.63) is 53.1 Å². The van der Waals surface area contributed by atoms with Crippen LogP contribution in [-0.2, 0) is 6.42 Å². The lowest BCUT2D eigenvalue weighted by Gasteiger charge is -2.14. The Balaban J connectivity index is 0.00000198. The monoisotopic (exact) mass is 416 g/mol. The van der Waals surface area contributed by atoms with Crippen LogP contribution in [0.1, 0.15) is 64.7 Å². The number of carbonyl (C=O) groups is 1. The van der Waals surface area contributed by atoms with E-state index >= 15 is 0 Å². The Morgan fingerprint density at radius 1 is 1.00 bits per heavy atom. The van der Waals surface area contributed by atoms with Crippen molar-refractivity contribution in [3.63, 3.8) is 0 Å². The molecule has 0 aliphatic rings. The highest BCUT2D eigenvalue weighted by atomic mass is 16.5. The molecule has 0 fully saturated rings. The van der Waals surface area contributed by atoms with E-state index in [1.54, 1.807) is 24.3 Å². The number of amides is 2. The predicted molar refractivity (Wildman–Crippen MR) is 127 cm³/mol. The van der Waals surface area contributed by atoms with E-state index in [9.17, 15) is 9.90 Å². The molecule has 0 aliphatic heterocycles. The molecular formula is C25H40N2O3. The van der Waals surface area contributed by atoms with E-state index in [0.717, 1.165) is 29.7 Å². The highest BCUT2D eigenvalue weighted by Gasteiger charge is 2.08. The first-order valence-corrected chi connectivity index (χ1v) is 11.0. The minimum absolute atomic E-state index is 0.120. The summed E-state index contributed by atoms with van der Waals surface area (Å²) >= 11 is 0. The molecule has 0 aliphatic carbocycles. The summed E-state index contributed by atoms with van der Waals surface area (Å²) < 4.78 is 5.97. The minimum Gasteiger partial charge on any atom is -0.508 e. The Labute approximate surface area is 182 Å². The third-order valence-electron chi connectivity index (χ3n) is 3.92. The average Bonchev–Trinajstić information content (AvgIpc) is 2.72. The summed E-state index contributed by atoms with van der Waals surface area (Å²) in [5.41, 5.74) is 3.36. The molecule has 2 aromatic carbocycles. The molecule has 0 radical (unpaired) electrons. The Morgan fingerprint density at radius 2 is 1.53 bits per heavy atom. The molecule has 0 aromatic heterocycles. The molecule has 5 nitrogen and oxygen atoms in total. The Morgan fingerprint density at radius 3 is 2.03 bits per heavy atom. The van der Waals surface area contributed by atoms with Crippen molar-refractivity contribution >= 4 is 6.03 Å². The molecule has 2 aromatic rings. The van der Waals surface area contributed by atoms with E-state index in [0.29, 0.717) is 12.3 Å². The molecule has 0 heterocycles. The van der Waals surface area contributed by atoms with Crippen LogP contribution in [0.5, 0.6) is 17.2 Å². The standard InChI is InChI=1S/C21H28N2O3.2C2H6/c1-14(2)23-21(25)22-11-5-6-17-12-15(3)20(16(4)13-17)26-19-9-7-18(24)8-10-19;2*1-2/h7-10,12-14,24H,5-6,11H2,1-4H3,(H2,22,23,25);2*1-2H3. The summed E-state index contributed by atoms with van der Waals surface area (Å²) in [4.78, 5) is 11.6. The van der Waals surface area contributed by atoms with Crippen LogP contribution in [0, 0.1) is 13.8 Å². The fraction of sp³-hybridized carbons (Fsp3) is 0.480. The van der Waals surface area contributed by atoms with Crippen LogP contribution in [0.25, 0.3) is 0 Å². The third-order valence-corrected chi connectivity index (χ3v) is 3.92. The molecule has 30 heavy (non-hydrogen) atoms. The molecule has 168 valence electrons. The number of phenolic OH excluding ortho intramolecular Hbond substituents is 1. The molecule has 0 atom stereocenters. The Hall–Kier alpha value is -2.69. The van der Waals surface area contributed by atoms with Crippen LogP contribution in [0.15, 0.2) is 36.4 Å². The second kappa shape index (κ2) is 15.2. The number of carbonyl (C=O) groups excluding carboxylic acids is 1. The number of urea groups is 1. The largest absolute Gasteiger partial charge is 0.508 e. The lowest BCUT2D eigenvalue weighted by atomic mass is 10.0. The van der Waals surface area contributed by atoms with Crippen molar-refractivity contribution in [2.75, 3.05) is 6.54 Å². The van der Waals surface area contributed by atoms with Gasteiger partial charge in [-0.05, 0) is 81.5 Å². The van der Waals surface area contributed by atoms with Gasteiger partial charge in [-0.3, -0.25) is 0 Å². The second-order valence-corrected chi connectivity index (χ2v) is 6.81. The number of aromatic hydroxyl groups is 1. The zero-order valence-corrected chi connectivity index (χ0v) is 19.9. The Bertz CT molecular complexity index is 718. The summed E-state index contributed by atoms with van der Waals surface area (Å²) in [5.74, 6) is 1.76. The van der Waals surface area contributed by atoms with Gasteiger partial charge in [-0.2, -0.15) is 0 Å². The van der Waals surface area contributed by atoms with Gasteiger partial charge in [-0.1, -0.05) is 39.8 Å². The number of benzene rings is 2. The van der Waals surface area contributed by atoms with Crippen molar-refractivity contribution < 1.29 is 14.6 Å². The zero-order chi connectivity index (χ0) is 23.1. The van der Waals surface area contributed by atoms with Crippen LogP contribution < -0.4 is 15.4 Å². The van der Waals surface area contributed by atoms with Crippen LogP contribution in [0.4, 0.5) is 4.79 Å². The van der Waals surface area contributed by atoms with Gasteiger partial charge >= 0.3 is 6.03 Å². The van der Waals surface area contributed by atoms with Crippen molar-refractivity contribution in [2.24, 2.45) is 0 Å². The molecule has 0 spiro atoms. The maximum Gasteiger partial charge on any atom is 0.314 e. The normalized spacial score (nSPS) is 9.63. The first-order chi connectivity index (χ1) is 14.3. The number of hydrogen-bond acceptors (Lipinski definition) is 3. The van der Waals surface area contributed by atoms with Gasteiger partial charge in [-0.25, -0.2) is 4.79 Å². The number of rotatable bonds is 7. The van der Waals surface area contributed by atoms with Gasteiger partial charge in [0.05, 0.1) is 0 Å². The SMILES string of the molecule is CC.CC.Cc1cc(CCCNC(=O)NC(C)C)cc(C)c1Oc1ccc(O)cc1. The van der Waals surface area contributed by atoms with Crippen LogP contribution in [0.2, 0.25) is 0 Å². The predicted octanol–water partition coefficient (Wildman–Crippen LogP) is 6.49. The molecule has 0 saturated heterocycles. The molecular weight excluding hydrogens is 376 g/mol. The highest BCUT2D eigenvalue weighted by Crippen LogP contribution is 2.30. The summed E-state index contributed by atoms with van der Waals surface area (Å²) in [7, 11) is 0. The number of nitrogens with one attached hydrogen (secondary N) is 2. The molecule has 0 bridgehead atoms. The first-order valence-electron chi connectivity index (χ1n) is 11.0. The highest BCUT2D eigenvalue weighted by molar-refractivity contribution is 5.74. The number of aryl methyl sites for hydroxylation is 3. The van der Waals surface area contributed by atoms with Gasteiger partial charge in [0.1, 0.15) is 17.2 Å². The lowest BCUT2D eigenvalue weighted by Crippen LogP contribution is -2.39. The van der Waals surface area contributed by atoms with Crippen LogP contribution >= 0.6 is 0 Å². The average molecular weight is 417 g/mol. The van der Waals surface area contributed by atoms with Gasteiger partial charge in [0.2, 0.25) is 0 Å². The van der Waals surface area contributed by atoms with E-state index in [1.807, 2.05) is 55.4 Å². The number of ether oxygens (including phenoxy) is 1. The van der Waals surface area contributed by atoms with Crippen molar-refractivity contribution in [2.45, 2.75) is 74.3 Å². The lowest BCUT2D eigenvalue weighted by molar-refractivity contribution is 0.238. The van der Waals surface area contributed by atoms with E-state index in [1.165, 1.54) is 5.56 Å². The molecule has 2 amide bonds. The fourth-order valence-corrected chi connectivity index (χ4v) is 2.78. The van der Waals surface area contributed by atoms with Gasteiger partial charge in [-0.15, -0.1) is 0 Å². The maximum absolute atomic E-state index is 11.6. The van der Waals surface area contributed by atoms with Gasteiger partial charge in [0.25, 0.3) is 0 Å². The molecule has 0 unspecified atom stereocenters. The minimum atomic E-state index is -0.120. The third kappa shape index (κ3) is 10.2.